The van der Waals surface area contributed by atoms with E-state index < -0.39 is 46.9 Å². The topological polar surface area (TPSA) is 146 Å². The molecule has 0 amide bonds. The van der Waals surface area contributed by atoms with E-state index in [2.05, 4.69) is 165 Å². The lowest BCUT2D eigenvalue weighted by Crippen LogP contribution is -2.59. The number of nitrogens with zero attached hydrogens (tertiary/aromatic N) is 6. The summed E-state index contributed by atoms with van der Waals surface area (Å²) in [6.45, 7) is 20.2. The van der Waals surface area contributed by atoms with E-state index >= 15 is 0 Å². The summed E-state index contributed by atoms with van der Waals surface area (Å²) in [7, 11) is -4.09. The maximum atomic E-state index is 9.41. The van der Waals surface area contributed by atoms with Crippen LogP contribution in [0.25, 0.3) is 11.2 Å². The normalized spacial score (nSPS) is 19.6. The molecule has 3 aromatic carbocycles. The number of nitrogens with one attached hydrogen (secondary N) is 1. The molecule has 0 spiro atoms. The standard InChI is InChI=1S/C44H59N8O4PSi/c1-31(2)52(32(3)4)57(53-27-19-26-45)54-28-36-37(50-44(33-20-13-10-14-21-33,34-22-15-11-16-23-34)35-24-17-12-18-25-35)39(56-58(8,9)43(5,6)7)42(55-36)51-30-49-38-40(46)47-29-48-41(38)51/h10-18,20-25,29-32,36-37,39,42,50H,19,27-28H2,1-9H3,(H2,46,47,48)/t36-,37-,39-,42-,57?/m1/s1. The van der Waals surface area contributed by atoms with Crippen LogP contribution in [0.2, 0.25) is 18.1 Å². The van der Waals surface area contributed by atoms with Crippen LogP contribution in [0.5, 0.6) is 0 Å². The second kappa shape index (κ2) is 18.4. The molecule has 0 bridgehead atoms. The third-order valence-electron chi connectivity index (χ3n) is 11.3. The van der Waals surface area contributed by atoms with Gasteiger partial charge in [-0.2, -0.15) is 5.26 Å². The van der Waals surface area contributed by atoms with Gasteiger partial charge in [-0.1, -0.05) is 112 Å². The summed E-state index contributed by atoms with van der Waals surface area (Å²) in [6.07, 6.45) is 1.62. The molecule has 14 heteroatoms. The van der Waals surface area contributed by atoms with E-state index in [1.807, 2.05) is 22.8 Å². The molecule has 1 aliphatic rings. The van der Waals surface area contributed by atoms with Crippen molar-refractivity contribution in [2.45, 2.75) is 115 Å². The molecule has 5 aromatic rings. The van der Waals surface area contributed by atoms with Crippen molar-refractivity contribution in [3.8, 4) is 6.07 Å². The molecule has 6 rings (SSSR count). The predicted octanol–water partition coefficient (Wildman–Crippen LogP) is 8.94. The van der Waals surface area contributed by atoms with E-state index in [1.54, 1.807) is 6.33 Å². The van der Waals surface area contributed by atoms with Gasteiger partial charge in [0.2, 0.25) is 0 Å². The van der Waals surface area contributed by atoms with Gasteiger partial charge in [-0.3, -0.25) is 9.88 Å². The molecular weight excluding hydrogens is 764 g/mol. The van der Waals surface area contributed by atoms with Crippen molar-refractivity contribution in [2.75, 3.05) is 18.9 Å². The lowest BCUT2D eigenvalue weighted by Gasteiger charge is -2.44. The number of nitrogens with two attached hydrogens (primary N) is 1. The fraction of sp³-hybridized carbons (Fsp3) is 0.455. The van der Waals surface area contributed by atoms with Gasteiger partial charge in [0.1, 0.15) is 24.1 Å². The zero-order chi connectivity index (χ0) is 41.7. The van der Waals surface area contributed by atoms with Crippen LogP contribution < -0.4 is 11.1 Å². The Bertz CT molecular complexity index is 2010. The number of fused-ring (bicyclic) bond motifs is 1. The maximum Gasteiger partial charge on any atom is 0.259 e. The number of anilines is 1. The van der Waals surface area contributed by atoms with E-state index in [0.29, 0.717) is 11.2 Å². The zero-order valence-corrected chi connectivity index (χ0v) is 37.1. The van der Waals surface area contributed by atoms with E-state index in [-0.39, 0.29) is 42.6 Å². The second-order valence-electron chi connectivity index (χ2n) is 16.9. The molecule has 3 N–H and O–H groups in total. The molecule has 58 heavy (non-hydrogen) atoms. The van der Waals surface area contributed by atoms with Crippen LogP contribution in [0.4, 0.5) is 5.82 Å². The van der Waals surface area contributed by atoms with Gasteiger partial charge >= 0.3 is 0 Å². The molecule has 308 valence electrons. The summed E-state index contributed by atoms with van der Waals surface area (Å²) in [4.78, 5) is 13.5. The lowest BCUT2D eigenvalue weighted by molar-refractivity contribution is -0.0449. The van der Waals surface area contributed by atoms with Gasteiger partial charge < -0.3 is 23.9 Å². The zero-order valence-electron chi connectivity index (χ0n) is 35.2. The highest BCUT2D eigenvalue weighted by Crippen LogP contribution is 2.49. The van der Waals surface area contributed by atoms with Gasteiger partial charge in [0, 0.05) is 12.1 Å². The number of imidazole rings is 1. The Morgan fingerprint density at radius 3 is 1.93 bits per heavy atom. The highest BCUT2D eigenvalue weighted by molar-refractivity contribution is 7.44. The second-order valence-corrected chi connectivity index (χ2v) is 23.1. The number of nitrogen functional groups attached to an aromatic ring is 1. The fourth-order valence-electron chi connectivity index (χ4n) is 7.49. The number of ether oxygens (including phenoxy) is 1. The number of aromatic nitrogens is 4. The summed E-state index contributed by atoms with van der Waals surface area (Å²) in [5.74, 6) is 0.289. The molecule has 0 aliphatic carbocycles. The molecule has 12 nitrogen and oxygen atoms in total. The van der Waals surface area contributed by atoms with Crippen LogP contribution in [0.15, 0.2) is 104 Å². The Balaban J connectivity index is 1.57. The maximum absolute atomic E-state index is 9.41. The highest BCUT2D eigenvalue weighted by Gasteiger charge is 2.54. The average Bonchev–Trinajstić information content (AvgIpc) is 3.77. The number of nitriles is 1. The number of rotatable bonds is 17. The van der Waals surface area contributed by atoms with Gasteiger partial charge in [-0.15, -0.1) is 0 Å². The van der Waals surface area contributed by atoms with Crippen LogP contribution in [-0.2, 0) is 23.7 Å². The van der Waals surface area contributed by atoms with Crippen molar-refractivity contribution in [2.24, 2.45) is 0 Å². The van der Waals surface area contributed by atoms with Gasteiger partial charge in [-0.05, 0) is 62.5 Å². The Morgan fingerprint density at radius 2 is 1.43 bits per heavy atom. The van der Waals surface area contributed by atoms with Crippen molar-refractivity contribution in [3.63, 3.8) is 0 Å². The summed E-state index contributed by atoms with van der Waals surface area (Å²) < 4.78 is 32.3. The van der Waals surface area contributed by atoms with E-state index in [0.717, 1.165) is 16.7 Å². The molecule has 5 atom stereocenters. The Hall–Kier alpha value is -4.09. The lowest BCUT2D eigenvalue weighted by atomic mass is 9.76. The quantitative estimate of drug-likeness (QED) is 0.0401. The van der Waals surface area contributed by atoms with Gasteiger partial charge in [-0.25, -0.2) is 19.6 Å². The molecular formula is C44H59N8O4PSi. The smallest absolute Gasteiger partial charge is 0.259 e. The van der Waals surface area contributed by atoms with Gasteiger partial charge in [0.15, 0.2) is 26.0 Å². The molecule has 1 aliphatic heterocycles. The minimum absolute atomic E-state index is 0.123. The van der Waals surface area contributed by atoms with Crippen LogP contribution in [-0.4, -0.2) is 76.1 Å². The molecule has 1 saturated heterocycles. The monoisotopic (exact) mass is 822 g/mol. The first-order valence-corrected chi connectivity index (χ1v) is 24.1. The third-order valence-corrected chi connectivity index (χ3v) is 17.8. The largest absolute Gasteiger partial charge is 0.408 e. The van der Waals surface area contributed by atoms with E-state index in [4.69, 9.17) is 23.9 Å². The Morgan fingerprint density at radius 1 is 0.879 bits per heavy atom. The first-order valence-electron chi connectivity index (χ1n) is 20.1. The molecule has 2 aromatic heterocycles. The first-order chi connectivity index (χ1) is 27.7. The average molecular weight is 823 g/mol. The minimum atomic E-state index is -2.51. The molecule has 0 saturated carbocycles. The van der Waals surface area contributed by atoms with Crippen molar-refractivity contribution in [3.05, 3.63) is 120 Å². The van der Waals surface area contributed by atoms with Gasteiger partial charge in [0.05, 0.1) is 43.6 Å². The first kappa shape index (κ1) is 43.5. The van der Waals surface area contributed by atoms with Crippen LogP contribution >= 0.6 is 8.53 Å². The van der Waals surface area contributed by atoms with Gasteiger partial charge in [0.25, 0.3) is 8.53 Å². The Kier molecular flexibility index (Phi) is 13.8. The summed E-state index contributed by atoms with van der Waals surface area (Å²) in [5.41, 5.74) is 9.70. The minimum Gasteiger partial charge on any atom is -0.408 e. The predicted molar refractivity (Wildman–Crippen MR) is 233 cm³/mol. The Labute approximate surface area is 346 Å². The summed E-state index contributed by atoms with van der Waals surface area (Å²) in [5, 5.41) is 13.5. The molecule has 3 heterocycles. The highest BCUT2D eigenvalue weighted by atomic mass is 31.2. The molecule has 1 unspecified atom stereocenters. The SMILES string of the molecule is CC(C)N(C(C)C)P(OCCC#N)OC[C@H]1O[C@@H](n2cnc3c(N)ncnc32)[C@H](O[Si](C)(C)C(C)(C)C)[C@@H]1NC(c1ccccc1)(c1ccccc1)c1ccccc1. The van der Waals surface area contributed by atoms with Crippen molar-refractivity contribution < 1.29 is 18.2 Å². The van der Waals surface area contributed by atoms with Crippen LogP contribution in [0.3, 0.4) is 0 Å². The fourth-order valence-corrected chi connectivity index (χ4v) is 10.4. The number of hydrogen-bond donors (Lipinski definition) is 2. The van der Waals surface area contributed by atoms with Crippen molar-refractivity contribution in [1.82, 2.24) is 29.5 Å². The number of benzene rings is 3. The number of hydrogen-bond acceptors (Lipinski definition) is 11. The van der Waals surface area contributed by atoms with Crippen molar-refractivity contribution >= 4 is 33.8 Å². The van der Waals surface area contributed by atoms with E-state index in [1.165, 1.54) is 6.33 Å². The third kappa shape index (κ3) is 9.05. The van der Waals surface area contributed by atoms with Crippen LogP contribution in [0.1, 0.15) is 77.8 Å². The molecule has 1 fully saturated rings. The molecule has 0 radical (unpaired) electrons. The van der Waals surface area contributed by atoms with Crippen LogP contribution in [0, 0.1) is 11.3 Å². The summed E-state index contributed by atoms with van der Waals surface area (Å²) in [6, 6.07) is 33.6. The summed E-state index contributed by atoms with van der Waals surface area (Å²) >= 11 is 0. The van der Waals surface area contributed by atoms with E-state index in [9.17, 15) is 5.26 Å². The van der Waals surface area contributed by atoms with Crippen molar-refractivity contribution in [1.29, 1.82) is 5.26 Å².